The lowest BCUT2D eigenvalue weighted by atomic mass is 9.91. The van der Waals surface area contributed by atoms with E-state index in [2.05, 4.69) is 46.6 Å². The van der Waals surface area contributed by atoms with E-state index in [0.717, 1.165) is 37.5 Å². The van der Waals surface area contributed by atoms with Gasteiger partial charge in [0.2, 0.25) is 5.89 Å². The van der Waals surface area contributed by atoms with Gasteiger partial charge in [-0.3, -0.25) is 0 Å². The van der Waals surface area contributed by atoms with Gasteiger partial charge in [0, 0.05) is 6.42 Å². The summed E-state index contributed by atoms with van der Waals surface area (Å²) < 4.78 is 5.47. The van der Waals surface area contributed by atoms with Crippen LogP contribution < -0.4 is 5.32 Å². The van der Waals surface area contributed by atoms with Gasteiger partial charge in [-0.25, -0.2) is 0 Å². The number of halogens is 1. The number of nitrogens with zero attached hydrogens (tertiary/aromatic N) is 2. The molecule has 1 aromatic carbocycles. The van der Waals surface area contributed by atoms with Crippen LogP contribution in [0.15, 0.2) is 34.9 Å². The number of rotatable bonds is 4. The van der Waals surface area contributed by atoms with E-state index in [1.165, 1.54) is 18.4 Å². The summed E-state index contributed by atoms with van der Waals surface area (Å²) in [4.78, 5) is 4.58. The number of aryl methyl sites for hydroxylation is 2. The van der Waals surface area contributed by atoms with E-state index < -0.39 is 0 Å². The van der Waals surface area contributed by atoms with Gasteiger partial charge in [0.25, 0.3) is 0 Å². The molecule has 21 heavy (non-hydrogen) atoms. The topological polar surface area (TPSA) is 51.0 Å². The molecule has 3 rings (SSSR count). The minimum Gasteiger partial charge on any atom is -0.337 e. The van der Waals surface area contributed by atoms with E-state index in [9.17, 15) is 0 Å². The molecule has 0 saturated carbocycles. The molecule has 0 aliphatic carbocycles. The summed E-state index contributed by atoms with van der Waals surface area (Å²) in [5.74, 6) is 1.54. The highest BCUT2D eigenvalue weighted by Crippen LogP contribution is 2.28. The van der Waals surface area contributed by atoms with Crippen molar-refractivity contribution in [3.8, 4) is 0 Å². The van der Waals surface area contributed by atoms with Gasteiger partial charge < -0.3 is 9.84 Å². The summed E-state index contributed by atoms with van der Waals surface area (Å²) in [5.41, 5.74) is 1.16. The fraction of sp³-hybridized carbons (Fsp3) is 0.500. The van der Waals surface area contributed by atoms with Crippen molar-refractivity contribution in [1.29, 1.82) is 0 Å². The van der Waals surface area contributed by atoms with Gasteiger partial charge in [-0.1, -0.05) is 35.5 Å². The van der Waals surface area contributed by atoms with E-state index in [1.807, 2.05) is 6.07 Å². The number of benzene rings is 1. The molecule has 1 unspecified atom stereocenters. The SMILES string of the molecule is CC1(c2nc(CCc3ccccc3)no2)CCCCN1.Cl. The van der Waals surface area contributed by atoms with Crippen LogP contribution in [0.2, 0.25) is 0 Å². The Bertz CT molecular complexity index is 550. The van der Waals surface area contributed by atoms with Gasteiger partial charge in [0.15, 0.2) is 5.82 Å². The van der Waals surface area contributed by atoms with Crippen LogP contribution in [0.25, 0.3) is 0 Å². The summed E-state index contributed by atoms with van der Waals surface area (Å²) in [6.07, 6.45) is 5.27. The molecule has 1 aliphatic heterocycles. The third-order valence-electron chi connectivity index (χ3n) is 4.04. The van der Waals surface area contributed by atoms with Crippen molar-refractivity contribution in [3.05, 3.63) is 47.6 Å². The van der Waals surface area contributed by atoms with Crippen molar-refractivity contribution in [2.24, 2.45) is 0 Å². The lowest BCUT2D eigenvalue weighted by Crippen LogP contribution is -2.43. The zero-order valence-electron chi connectivity index (χ0n) is 12.3. The quantitative estimate of drug-likeness (QED) is 0.942. The summed E-state index contributed by atoms with van der Waals surface area (Å²) in [6, 6.07) is 10.4. The Morgan fingerprint density at radius 1 is 1.19 bits per heavy atom. The van der Waals surface area contributed by atoms with E-state index in [-0.39, 0.29) is 17.9 Å². The normalized spacial score (nSPS) is 21.8. The second kappa shape index (κ2) is 7.05. The molecule has 0 spiro atoms. The summed E-state index contributed by atoms with van der Waals surface area (Å²) in [7, 11) is 0. The molecule has 5 heteroatoms. The van der Waals surface area contributed by atoms with E-state index in [1.54, 1.807) is 0 Å². The number of aromatic nitrogens is 2. The van der Waals surface area contributed by atoms with Crippen LogP contribution in [0.4, 0.5) is 0 Å². The van der Waals surface area contributed by atoms with Crippen molar-refractivity contribution in [3.63, 3.8) is 0 Å². The monoisotopic (exact) mass is 307 g/mol. The molecular weight excluding hydrogens is 286 g/mol. The molecule has 1 aliphatic rings. The second-order valence-corrected chi connectivity index (χ2v) is 5.72. The Morgan fingerprint density at radius 3 is 2.71 bits per heavy atom. The summed E-state index contributed by atoms with van der Waals surface area (Å²) >= 11 is 0. The summed E-state index contributed by atoms with van der Waals surface area (Å²) in [5, 5.41) is 7.63. The van der Waals surface area contributed by atoms with Crippen LogP contribution in [0.3, 0.4) is 0 Å². The Labute approximate surface area is 131 Å². The molecule has 1 atom stereocenters. The third kappa shape index (κ3) is 3.83. The van der Waals surface area contributed by atoms with Crippen LogP contribution in [0, 0.1) is 0 Å². The highest BCUT2D eigenvalue weighted by molar-refractivity contribution is 5.85. The highest BCUT2D eigenvalue weighted by Gasteiger charge is 2.33. The zero-order chi connectivity index (χ0) is 13.8. The van der Waals surface area contributed by atoms with Gasteiger partial charge in [-0.15, -0.1) is 12.4 Å². The average Bonchev–Trinajstić information content (AvgIpc) is 2.97. The molecule has 2 aromatic rings. The first-order valence-corrected chi connectivity index (χ1v) is 7.38. The van der Waals surface area contributed by atoms with Crippen LogP contribution in [0.1, 0.15) is 43.5 Å². The van der Waals surface area contributed by atoms with Crippen molar-refractivity contribution < 1.29 is 4.52 Å². The lowest BCUT2D eigenvalue weighted by molar-refractivity contribution is 0.206. The first-order valence-electron chi connectivity index (χ1n) is 7.38. The molecule has 0 radical (unpaired) electrons. The maximum atomic E-state index is 5.47. The van der Waals surface area contributed by atoms with E-state index >= 15 is 0 Å². The van der Waals surface area contributed by atoms with Crippen molar-refractivity contribution >= 4 is 12.4 Å². The number of piperidine rings is 1. The van der Waals surface area contributed by atoms with Crippen molar-refractivity contribution in [1.82, 2.24) is 15.5 Å². The number of hydrogen-bond acceptors (Lipinski definition) is 4. The molecule has 114 valence electrons. The standard InChI is InChI=1S/C16H21N3O.ClH/c1-16(11-5-6-12-17-16)15-18-14(19-20-15)10-9-13-7-3-2-4-8-13;/h2-4,7-8,17H,5-6,9-12H2,1H3;1H. The van der Waals surface area contributed by atoms with Crippen LogP contribution in [-0.2, 0) is 18.4 Å². The molecule has 1 saturated heterocycles. The van der Waals surface area contributed by atoms with Crippen LogP contribution >= 0.6 is 12.4 Å². The van der Waals surface area contributed by atoms with Crippen LogP contribution in [-0.4, -0.2) is 16.7 Å². The molecule has 1 N–H and O–H groups in total. The van der Waals surface area contributed by atoms with Gasteiger partial charge in [-0.05, 0) is 44.7 Å². The van der Waals surface area contributed by atoms with Crippen LogP contribution in [0.5, 0.6) is 0 Å². The Balaban J connectivity index is 0.00000161. The molecule has 1 aromatic heterocycles. The fourth-order valence-corrected chi connectivity index (χ4v) is 2.72. The Morgan fingerprint density at radius 2 is 2.00 bits per heavy atom. The van der Waals surface area contributed by atoms with Gasteiger partial charge in [-0.2, -0.15) is 4.98 Å². The minimum atomic E-state index is -0.143. The smallest absolute Gasteiger partial charge is 0.246 e. The van der Waals surface area contributed by atoms with Crippen molar-refractivity contribution in [2.45, 2.75) is 44.6 Å². The average molecular weight is 308 g/mol. The maximum Gasteiger partial charge on any atom is 0.246 e. The Hall–Kier alpha value is -1.39. The number of hydrogen-bond donors (Lipinski definition) is 1. The molecular formula is C16H22ClN3O. The first kappa shape index (κ1) is 16.0. The predicted octanol–water partition coefficient (Wildman–Crippen LogP) is 3.27. The van der Waals surface area contributed by atoms with Gasteiger partial charge >= 0.3 is 0 Å². The van der Waals surface area contributed by atoms with Gasteiger partial charge in [0.05, 0.1) is 5.54 Å². The maximum absolute atomic E-state index is 5.47. The van der Waals surface area contributed by atoms with Crippen molar-refractivity contribution in [2.75, 3.05) is 6.54 Å². The molecule has 0 bridgehead atoms. The fourth-order valence-electron chi connectivity index (χ4n) is 2.72. The molecule has 4 nitrogen and oxygen atoms in total. The zero-order valence-corrected chi connectivity index (χ0v) is 13.2. The third-order valence-corrected chi connectivity index (χ3v) is 4.04. The first-order chi connectivity index (χ1) is 9.76. The van der Waals surface area contributed by atoms with E-state index in [0.29, 0.717) is 0 Å². The van der Waals surface area contributed by atoms with Gasteiger partial charge in [0.1, 0.15) is 0 Å². The summed E-state index contributed by atoms with van der Waals surface area (Å²) in [6.45, 7) is 3.18. The molecule has 1 fully saturated rings. The molecule has 2 heterocycles. The number of nitrogens with one attached hydrogen (secondary N) is 1. The minimum absolute atomic E-state index is 0. The van der Waals surface area contributed by atoms with E-state index in [4.69, 9.17) is 4.52 Å². The highest BCUT2D eigenvalue weighted by atomic mass is 35.5. The lowest BCUT2D eigenvalue weighted by Gasteiger charge is -2.31. The largest absolute Gasteiger partial charge is 0.337 e. The Kier molecular flexibility index (Phi) is 5.37. The molecule has 0 amide bonds. The second-order valence-electron chi connectivity index (χ2n) is 5.72. The predicted molar refractivity (Wildman–Crippen MR) is 84.6 cm³/mol.